The molecule has 0 saturated heterocycles. The van der Waals surface area contributed by atoms with Crippen LogP contribution in [0, 0.1) is 5.92 Å². The van der Waals surface area contributed by atoms with E-state index in [2.05, 4.69) is 4.74 Å². The number of carboxylic acids is 2. The lowest BCUT2D eigenvalue weighted by atomic mass is 10.0. The Bertz CT molecular complexity index is 233. The van der Waals surface area contributed by atoms with Gasteiger partial charge in [0.25, 0.3) is 0 Å². The van der Waals surface area contributed by atoms with Gasteiger partial charge in [-0.15, -0.1) is 0 Å². The van der Waals surface area contributed by atoms with Gasteiger partial charge in [0.1, 0.15) is 0 Å². The van der Waals surface area contributed by atoms with Crippen molar-refractivity contribution in [2.75, 3.05) is 6.61 Å². The van der Waals surface area contributed by atoms with Gasteiger partial charge in [0.2, 0.25) is 0 Å². The van der Waals surface area contributed by atoms with Crippen LogP contribution in [0.25, 0.3) is 0 Å². The summed E-state index contributed by atoms with van der Waals surface area (Å²) in [6, 6.07) is 0. The third kappa shape index (κ3) is 6.48. The van der Waals surface area contributed by atoms with Crippen molar-refractivity contribution in [1.82, 2.24) is 0 Å². The van der Waals surface area contributed by atoms with Crippen LogP contribution in [-0.2, 0) is 19.1 Å². The van der Waals surface area contributed by atoms with E-state index >= 15 is 0 Å². The van der Waals surface area contributed by atoms with E-state index in [0.717, 1.165) is 0 Å². The van der Waals surface area contributed by atoms with E-state index in [1.165, 1.54) is 6.92 Å². The molecular formula is C9H14O6. The highest BCUT2D eigenvalue weighted by atomic mass is 16.5. The molecule has 0 rings (SSSR count). The summed E-state index contributed by atoms with van der Waals surface area (Å²) in [4.78, 5) is 31.2. The van der Waals surface area contributed by atoms with Crippen LogP contribution in [-0.4, -0.2) is 34.7 Å². The van der Waals surface area contributed by atoms with Crippen LogP contribution in [0.5, 0.6) is 0 Å². The molecule has 0 bridgehead atoms. The first-order chi connectivity index (χ1) is 6.95. The zero-order valence-corrected chi connectivity index (χ0v) is 8.43. The highest BCUT2D eigenvalue weighted by Gasteiger charge is 2.24. The maximum absolute atomic E-state index is 10.4. The fraction of sp³-hybridized carbons (Fsp3) is 0.667. The molecule has 0 radical (unpaired) electrons. The molecule has 86 valence electrons. The Morgan fingerprint density at radius 1 is 1.13 bits per heavy atom. The van der Waals surface area contributed by atoms with Crippen LogP contribution < -0.4 is 0 Å². The fourth-order valence-corrected chi connectivity index (χ4v) is 1.02. The molecule has 0 aromatic carbocycles. The smallest absolute Gasteiger partial charge is 0.317 e. The number of unbranched alkanes of at least 4 members (excludes halogenated alkanes) is 1. The zero-order valence-electron chi connectivity index (χ0n) is 8.43. The van der Waals surface area contributed by atoms with Crippen molar-refractivity contribution in [2.24, 2.45) is 5.92 Å². The molecule has 2 N–H and O–H groups in total. The van der Waals surface area contributed by atoms with Crippen molar-refractivity contribution < 1.29 is 29.3 Å². The van der Waals surface area contributed by atoms with E-state index in [1.807, 2.05) is 0 Å². The second kappa shape index (κ2) is 6.80. The second-order valence-electron chi connectivity index (χ2n) is 3.06. The Balaban J connectivity index is 3.68. The van der Waals surface area contributed by atoms with E-state index < -0.39 is 23.8 Å². The lowest BCUT2D eigenvalue weighted by molar-refractivity contribution is -0.155. The molecule has 0 heterocycles. The van der Waals surface area contributed by atoms with Crippen molar-refractivity contribution in [1.29, 1.82) is 0 Å². The van der Waals surface area contributed by atoms with Gasteiger partial charge in [-0.1, -0.05) is 0 Å². The standard InChI is InChI=1S/C9H14O6/c1-6(10)15-5-3-2-4-7(8(11)12)9(13)14/h7H,2-5H2,1H3,(H,11,12)(H,13,14). The highest BCUT2D eigenvalue weighted by molar-refractivity contribution is 5.92. The van der Waals surface area contributed by atoms with E-state index in [1.54, 1.807) is 0 Å². The average Bonchev–Trinajstić information content (AvgIpc) is 2.08. The first kappa shape index (κ1) is 13.4. The van der Waals surface area contributed by atoms with Gasteiger partial charge in [0, 0.05) is 6.92 Å². The van der Waals surface area contributed by atoms with Crippen LogP contribution in [0.3, 0.4) is 0 Å². The van der Waals surface area contributed by atoms with Gasteiger partial charge in [0.05, 0.1) is 6.61 Å². The van der Waals surface area contributed by atoms with Gasteiger partial charge in [-0.05, 0) is 19.3 Å². The summed E-state index contributed by atoms with van der Waals surface area (Å²) < 4.78 is 4.61. The average molecular weight is 218 g/mol. The maximum atomic E-state index is 10.4. The summed E-state index contributed by atoms with van der Waals surface area (Å²) in [5.41, 5.74) is 0. The van der Waals surface area contributed by atoms with Gasteiger partial charge < -0.3 is 14.9 Å². The Morgan fingerprint density at radius 2 is 1.67 bits per heavy atom. The quantitative estimate of drug-likeness (QED) is 0.366. The molecule has 0 fully saturated rings. The van der Waals surface area contributed by atoms with Crippen LogP contribution in [0.4, 0.5) is 0 Å². The number of carbonyl (C=O) groups excluding carboxylic acids is 1. The number of ether oxygens (including phenoxy) is 1. The van der Waals surface area contributed by atoms with Gasteiger partial charge >= 0.3 is 17.9 Å². The molecule has 0 aromatic rings. The lowest BCUT2D eigenvalue weighted by Crippen LogP contribution is -2.23. The third-order valence-electron chi connectivity index (χ3n) is 1.79. The number of rotatable bonds is 7. The molecule has 0 spiro atoms. The summed E-state index contributed by atoms with van der Waals surface area (Å²) in [7, 11) is 0. The van der Waals surface area contributed by atoms with E-state index in [9.17, 15) is 14.4 Å². The van der Waals surface area contributed by atoms with Gasteiger partial charge in [-0.3, -0.25) is 14.4 Å². The predicted octanol–water partition coefficient (Wildman–Crippen LogP) is 0.505. The maximum Gasteiger partial charge on any atom is 0.317 e. The van der Waals surface area contributed by atoms with Crippen molar-refractivity contribution in [2.45, 2.75) is 26.2 Å². The monoisotopic (exact) mass is 218 g/mol. The number of esters is 1. The van der Waals surface area contributed by atoms with Crippen LogP contribution in [0.15, 0.2) is 0 Å². The zero-order chi connectivity index (χ0) is 11.8. The first-order valence-corrected chi connectivity index (χ1v) is 4.54. The first-order valence-electron chi connectivity index (χ1n) is 4.54. The van der Waals surface area contributed by atoms with E-state index in [-0.39, 0.29) is 13.0 Å². The summed E-state index contributed by atoms with van der Waals surface area (Å²) in [5, 5.41) is 17.0. The fourth-order valence-electron chi connectivity index (χ4n) is 1.02. The molecule has 6 nitrogen and oxygen atoms in total. The molecule has 15 heavy (non-hydrogen) atoms. The number of carboxylic acid groups (broad SMARTS) is 2. The number of hydrogen-bond donors (Lipinski definition) is 2. The topological polar surface area (TPSA) is 101 Å². The van der Waals surface area contributed by atoms with Crippen molar-refractivity contribution in [3.63, 3.8) is 0 Å². The third-order valence-corrected chi connectivity index (χ3v) is 1.79. The molecule has 0 aliphatic carbocycles. The number of carbonyl (C=O) groups is 3. The molecule has 0 amide bonds. The largest absolute Gasteiger partial charge is 0.481 e. The molecule has 0 unspecified atom stereocenters. The van der Waals surface area contributed by atoms with Gasteiger partial charge in [0.15, 0.2) is 5.92 Å². The molecule has 6 heteroatoms. The summed E-state index contributed by atoms with van der Waals surface area (Å²) in [6.07, 6.45) is 0.916. The van der Waals surface area contributed by atoms with E-state index in [0.29, 0.717) is 12.8 Å². The lowest BCUT2D eigenvalue weighted by Gasteiger charge is -2.06. The summed E-state index contributed by atoms with van der Waals surface area (Å²) in [5.74, 6) is -4.45. The van der Waals surface area contributed by atoms with Crippen molar-refractivity contribution >= 4 is 17.9 Å². The summed E-state index contributed by atoms with van der Waals surface area (Å²) in [6.45, 7) is 1.47. The highest BCUT2D eigenvalue weighted by Crippen LogP contribution is 2.09. The molecular weight excluding hydrogens is 204 g/mol. The minimum atomic E-state index is -1.37. The van der Waals surface area contributed by atoms with Gasteiger partial charge in [-0.25, -0.2) is 0 Å². The van der Waals surface area contributed by atoms with Crippen LogP contribution in [0.2, 0.25) is 0 Å². The van der Waals surface area contributed by atoms with Crippen LogP contribution >= 0.6 is 0 Å². The molecule has 0 saturated carbocycles. The minimum Gasteiger partial charge on any atom is -0.481 e. The Morgan fingerprint density at radius 3 is 2.07 bits per heavy atom. The van der Waals surface area contributed by atoms with Gasteiger partial charge in [-0.2, -0.15) is 0 Å². The number of hydrogen-bond acceptors (Lipinski definition) is 4. The Kier molecular flexibility index (Phi) is 6.08. The molecule has 0 aliphatic rings. The van der Waals surface area contributed by atoms with E-state index in [4.69, 9.17) is 10.2 Å². The Hall–Kier alpha value is -1.59. The minimum absolute atomic E-state index is 0.0476. The van der Waals surface area contributed by atoms with Crippen LogP contribution in [0.1, 0.15) is 26.2 Å². The SMILES string of the molecule is CC(=O)OCCCCC(C(=O)O)C(=O)O. The Labute approximate surface area is 86.8 Å². The normalized spacial score (nSPS) is 10.0. The van der Waals surface area contributed by atoms with Crippen molar-refractivity contribution in [3.05, 3.63) is 0 Å². The molecule has 0 atom stereocenters. The second-order valence-corrected chi connectivity index (χ2v) is 3.06. The number of aliphatic carboxylic acids is 2. The molecule has 0 aliphatic heterocycles. The predicted molar refractivity (Wildman–Crippen MR) is 49.2 cm³/mol. The summed E-state index contributed by atoms with van der Waals surface area (Å²) >= 11 is 0. The molecule has 0 aromatic heterocycles. The van der Waals surface area contributed by atoms with Crippen molar-refractivity contribution in [3.8, 4) is 0 Å².